The Morgan fingerprint density at radius 3 is 2.75 bits per heavy atom. The smallest absolute Gasteiger partial charge is 0.133 e. The molecule has 0 fully saturated rings. The highest BCUT2D eigenvalue weighted by Crippen LogP contribution is 2.27. The lowest BCUT2D eigenvalue weighted by Gasteiger charge is -2.06. The SMILES string of the molecule is COCCCSCc1ccc(OC)c(Br)c1. The van der Waals surface area contributed by atoms with E-state index in [4.69, 9.17) is 9.47 Å². The fourth-order valence-electron chi connectivity index (χ4n) is 1.30. The zero-order valence-electron chi connectivity index (χ0n) is 9.66. The van der Waals surface area contributed by atoms with Crippen LogP contribution in [0.15, 0.2) is 22.7 Å². The normalized spacial score (nSPS) is 10.4. The van der Waals surface area contributed by atoms with Gasteiger partial charge in [0.25, 0.3) is 0 Å². The predicted molar refractivity (Wildman–Crippen MR) is 73.3 cm³/mol. The molecule has 16 heavy (non-hydrogen) atoms. The van der Waals surface area contributed by atoms with Crippen molar-refractivity contribution in [3.8, 4) is 5.75 Å². The maximum Gasteiger partial charge on any atom is 0.133 e. The zero-order valence-corrected chi connectivity index (χ0v) is 12.1. The standard InChI is InChI=1S/C12H17BrO2S/c1-14-6-3-7-16-9-10-4-5-12(15-2)11(13)8-10/h4-5,8H,3,6-7,9H2,1-2H3. The molecule has 0 spiro atoms. The number of hydrogen-bond acceptors (Lipinski definition) is 3. The lowest BCUT2D eigenvalue weighted by atomic mass is 10.2. The molecule has 0 amide bonds. The molecule has 0 radical (unpaired) electrons. The first-order valence-electron chi connectivity index (χ1n) is 5.17. The third-order valence-electron chi connectivity index (χ3n) is 2.12. The van der Waals surface area contributed by atoms with Gasteiger partial charge in [0.2, 0.25) is 0 Å². The van der Waals surface area contributed by atoms with Crippen molar-refractivity contribution in [2.75, 3.05) is 26.6 Å². The summed E-state index contributed by atoms with van der Waals surface area (Å²) in [5, 5.41) is 0. The number of thioether (sulfide) groups is 1. The van der Waals surface area contributed by atoms with Gasteiger partial charge in [-0.2, -0.15) is 11.8 Å². The monoisotopic (exact) mass is 304 g/mol. The molecule has 1 aromatic carbocycles. The molecule has 0 aliphatic carbocycles. The molecule has 0 saturated heterocycles. The van der Waals surface area contributed by atoms with Gasteiger partial charge >= 0.3 is 0 Å². The van der Waals surface area contributed by atoms with Gasteiger partial charge in [-0.25, -0.2) is 0 Å². The largest absolute Gasteiger partial charge is 0.496 e. The van der Waals surface area contributed by atoms with E-state index in [0.717, 1.165) is 34.8 Å². The highest BCUT2D eigenvalue weighted by Gasteiger charge is 2.01. The number of hydrogen-bond donors (Lipinski definition) is 0. The van der Waals surface area contributed by atoms with Crippen molar-refractivity contribution in [2.45, 2.75) is 12.2 Å². The Bertz CT molecular complexity index is 318. The highest BCUT2D eigenvalue weighted by molar-refractivity contribution is 9.10. The van der Waals surface area contributed by atoms with Gasteiger partial charge in [0.1, 0.15) is 5.75 Å². The fraction of sp³-hybridized carbons (Fsp3) is 0.500. The molecule has 0 aliphatic rings. The summed E-state index contributed by atoms with van der Waals surface area (Å²) < 4.78 is 11.2. The molecular weight excluding hydrogens is 288 g/mol. The average Bonchev–Trinajstić information content (AvgIpc) is 2.29. The van der Waals surface area contributed by atoms with E-state index in [1.165, 1.54) is 5.56 Å². The van der Waals surface area contributed by atoms with Crippen LogP contribution in [0.5, 0.6) is 5.75 Å². The first-order chi connectivity index (χ1) is 7.77. The molecule has 0 unspecified atom stereocenters. The lowest BCUT2D eigenvalue weighted by molar-refractivity contribution is 0.200. The summed E-state index contributed by atoms with van der Waals surface area (Å²) in [4.78, 5) is 0. The minimum atomic E-state index is 0.847. The zero-order chi connectivity index (χ0) is 11.8. The van der Waals surface area contributed by atoms with E-state index >= 15 is 0 Å². The van der Waals surface area contributed by atoms with Crippen molar-refractivity contribution < 1.29 is 9.47 Å². The van der Waals surface area contributed by atoms with Gasteiger partial charge in [-0.1, -0.05) is 6.07 Å². The third-order valence-corrected chi connectivity index (χ3v) is 3.86. The Morgan fingerprint density at radius 2 is 2.12 bits per heavy atom. The summed E-state index contributed by atoms with van der Waals surface area (Å²) in [5.74, 6) is 3.05. The molecule has 1 rings (SSSR count). The van der Waals surface area contributed by atoms with Gasteiger partial charge in [0, 0.05) is 19.5 Å². The van der Waals surface area contributed by atoms with Gasteiger partial charge in [0.05, 0.1) is 11.6 Å². The summed E-state index contributed by atoms with van der Waals surface area (Å²) in [7, 11) is 3.42. The van der Waals surface area contributed by atoms with E-state index in [1.54, 1.807) is 14.2 Å². The number of benzene rings is 1. The Hall–Kier alpha value is -0.190. The summed E-state index contributed by atoms with van der Waals surface area (Å²) in [5.41, 5.74) is 1.31. The van der Waals surface area contributed by atoms with Crippen molar-refractivity contribution >= 4 is 27.7 Å². The van der Waals surface area contributed by atoms with Crippen LogP contribution in [0.1, 0.15) is 12.0 Å². The van der Waals surface area contributed by atoms with Crippen LogP contribution in [0.3, 0.4) is 0 Å². The summed E-state index contributed by atoms with van der Waals surface area (Å²) in [6, 6.07) is 6.21. The third kappa shape index (κ3) is 4.76. The Labute approximate surface area is 110 Å². The number of methoxy groups -OCH3 is 2. The maximum atomic E-state index is 5.19. The molecule has 4 heteroatoms. The van der Waals surface area contributed by atoms with Crippen LogP contribution in [0.2, 0.25) is 0 Å². The van der Waals surface area contributed by atoms with Crippen molar-refractivity contribution in [3.63, 3.8) is 0 Å². The lowest BCUT2D eigenvalue weighted by Crippen LogP contribution is -1.91. The van der Waals surface area contributed by atoms with Crippen molar-refractivity contribution in [1.82, 2.24) is 0 Å². The number of rotatable bonds is 7. The molecule has 2 nitrogen and oxygen atoms in total. The highest BCUT2D eigenvalue weighted by atomic mass is 79.9. The van der Waals surface area contributed by atoms with Gasteiger partial charge in [-0.3, -0.25) is 0 Å². The second-order valence-electron chi connectivity index (χ2n) is 3.37. The van der Waals surface area contributed by atoms with Crippen LogP contribution < -0.4 is 4.74 Å². The van der Waals surface area contributed by atoms with Crippen LogP contribution in [0.25, 0.3) is 0 Å². The molecule has 0 heterocycles. The van der Waals surface area contributed by atoms with Crippen LogP contribution in [0, 0.1) is 0 Å². The molecule has 0 atom stereocenters. The molecule has 1 aromatic rings. The second kappa shape index (κ2) is 7.98. The van der Waals surface area contributed by atoms with Crippen molar-refractivity contribution in [2.24, 2.45) is 0 Å². The Kier molecular flexibility index (Phi) is 6.92. The predicted octanol–water partition coefficient (Wildman–Crippen LogP) is 3.73. The van der Waals surface area contributed by atoms with Gasteiger partial charge in [-0.15, -0.1) is 0 Å². The second-order valence-corrected chi connectivity index (χ2v) is 5.33. The molecule has 0 N–H and O–H groups in total. The van der Waals surface area contributed by atoms with Gasteiger partial charge in [0.15, 0.2) is 0 Å². The van der Waals surface area contributed by atoms with Gasteiger partial charge < -0.3 is 9.47 Å². The van der Waals surface area contributed by atoms with Crippen LogP contribution >= 0.6 is 27.7 Å². The molecule has 0 bridgehead atoms. The molecule has 0 aromatic heterocycles. The van der Waals surface area contributed by atoms with Crippen LogP contribution in [-0.4, -0.2) is 26.6 Å². The van der Waals surface area contributed by atoms with Crippen molar-refractivity contribution in [3.05, 3.63) is 28.2 Å². The average molecular weight is 305 g/mol. The minimum absolute atomic E-state index is 0.847. The topological polar surface area (TPSA) is 18.5 Å². The molecule has 0 saturated carbocycles. The van der Waals surface area contributed by atoms with E-state index in [0.29, 0.717) is 0 Å². The molecule has 90 valence electrons. The first-order valence-corrected chi connectivity index (χ1v) is 7.11. The minimum Gasteiger partial charge on any atom is -0.496 e. The van der Waals surface area contributed by atoms with E-state index in [9.17, 15) is 0 Å². The fourth-order valence-corrected chi connectivity index (χ4v) is 2.76. The summed E-state index contributed by atoms with van der Waals surface area (Å²) in [6.07, 6.45) is 1.11. The Balaban J connectivity index is 2.34. The van der Waals surface area contributed by atoms with Crippen LogP contribution in [-0.2, 0) is 10.5 Å². The Morgan fingerprint density at radius 1 is 1.31 bits per heavy atom. The van der Waals surface area contributed by atoms with Crippen LogP contribution in [0.4, 0.5) is 0 Å². The van der Waals surface area contributed by atoms with Crippen molar-refractivity contribution in [1.29, 1.82) is 0 Å². The summed E-state index contributed by atoms with van der Waals surface area (Å²) in [6.45, 7) is 0.847. The van der Waals surface area contributed by atoms with E-state index in [1.807, 2.05) is 17.8 Å². The van der Waals surface area contributed by atoms with E-state index < -0.39 is 0 Å². The molecule has 0 aliphatic heterocycles. The molecular formula is C12H17BrO2S. The van der Waals surface area contributed by atoms with E-state index in [2.05, 4.69) is 28.1 Å². The van der Waals surface area contributed by atoms with E-state index in [-0.39, 0.29) is 0 Å². The van der Waals surface area contributed by atoms with Gasteiger partial charge in [-0.05, 0) is 45.8 Å². The summed E-state index contributed by atoms with van der Waals surface area (Å²) >= 11 is 5.41. The maximum absolute atomic E-state index is 5.19. The first kappa shape index (κ1) is 13.9. The quantitative estimate of drug-likeness (QED) is 0.715. The number of ether oxygens (including phenoxy) is 2. The number of halogens is 1.